The molecule has 1 aliphatic rings. The minimum absolute atomic E-state index is 0.0695. The molecule has 2 amide bonds. The van der Waals surface area contributed by atoms with Gasteiger partial charge in [-0.1, -0.05) is 36.4 Å². The van der Waals surface area contributed by atoms with Crippen molar-refractivity contribution >= 4 is 17.5 Å². The summed E-state index contributed by atoms with van der Waals surface area (Å²) >= 11 is 0. The Morgan fingerprint density at radius 1 is 0.966 bits per heavy atom. The Balaban J connectivity index is 1.43. The first kappa shape index (κ1) is 18.9. The SMILES string of the molecule is O=C(Nc1cnn(C[C@H]2CCCCN2C(=O)c2ccccc2)c1)c1ccccc1. The number of piperidine rings is 1. The highest BCUT2D eigenvalue weighted by Crippen LogP contribution is 2.21. The molecule has 1 aromatic heterocycles. The Bertz CT molecular complexity index is 969. The summed E-state index contributed by atoms with van der Waals surface area (Å²) < 4.78 is 1.81. The van der Waals surface area contributed by atoms with E-state index in [9.17, 15) is 9.59 Å². The average molecular weight is 388 g/mol. The monoisotopic (exact) mass is 388 g/mol. The molecule has 0 radical (unpaired) electrons. The number of hydrogen-bond donors (Lipinski definition) is 1. The van der Waals surface area contributed by atoms with Crippen LogP contribution in [0.15, 0.2) is 73.1 Å². The van der Waals surface area contributed by atoms with Crippen LogP contribution in [-0.4, -0.2) is 39.1 Å². The van der Waals surface area contributed by atoms with Crippen molar-refractivity contribution in [1.29, 1.82) is 0 Å². The van der Waals surface area contributed by atoms with E-state index >= 15 is 0 Å². The quantitative estimate of drug-likeness (QED) is 0.722. The van der Waals surface area contributed by atoms with Crippen molar-refractivity contribution in [2.45, 2.75) is 31.8 Å². The molecule has 0 bridgehead atoms. The molecule has 148 valence electrons. The van der Waals surface area contributed by atoms with Crippen LogP contribution in [0.3, 0.4) is 0 Å². The van der Waals surface area contributed by atoms with Crippen molar-refractivity contribution in [3.05, 3.63) is 84.2 Å². The van der Waals surface area contributed by atoms with Crippen molar-refractivity contribution in [3.8, 4) is 0 Å². The normalized spacial score (nSPS) is 16.4. The largest absolute Gasteiger partial charge is 0.334 e. The van der Waals surface area contributed by atoms with Crippen LogP contribution in [0, 0.1) is 0 Å². The molecule has 2 aromatic carbocycles. The van der Waals surface area contributed by atoms with E-state index in [0.29, 0.717) is 17.8 Å². The summed E-state index contributed by atoms with van der Waals surface area (Å²) in [6.45, 7) is 1.37. The first-order valence-corrected chi connectivity index (χ1v) is 9.95. The van der Waals surface area contributed by atoms with Gasteiger partial charge in [0, 0.05) is 23.9 Å². The fraction of sp³-hybridized carbons (Fsp3) is 0.261. The lowest BCUT2D eigenvalue weighted by Gasteiger charge is -2.35. The van der Waals surface area contributed by atoms with Crippen molar-refractivity contribution in [2.24, 2.45) is 0 Å². The van der Waals surface area contributed by atoms with Gasteiger partial charge in [0.2, 0.25) is 0 Å². The number of likely N-dealkylation sites (tertiary alicyclic amines) is 1. The highest BCUT2D eigenvalue weighted by atomic mass is 16.2. The third-order valence-corrected chi connectivity index (χ3v) is 5.23. The highest BCUT2D eigenvalue weighted by Gasteiger charge is 2.28. The molecule has 29 heavy (non-hydrogen) atoms. The second-order valence-electron chi connectivity index (χ2n) is 7.29. The van der Waals surface area contributed by atoms with E-state index in [0.717, 1.165) is 31.4 Å². The summed E-state index contributed by atoms with van der Waals surface area (Å²) in [5.41, 5.74) is 1.97. The molecular formula is C23H24N4O2. The summed E-state index contributed by atoms with van der Waals surface area (Å²) in [5, 5.41) is 7.26. The molecule has 0 unspecified atom stereocenters. The van der Waals surface area contributed by atoms with E-state index in [1.54, 1.807) is 18.3 Å². The predicted octanol–water partition coefficient (Wildman–Crippen LogP) is 3.83. The fourth-order valence-electron chi connectivity index (χ4n) is 3.74. The summed E-state index contributed by atoms with van der Waals surface area (Å²) in [7, 11) is 0. The maximum atomic E-state index is 12.9. The number of benzene rings is 2. The summed E-state index contributed by atoms with van der Waals surface area (Å²) in [4.78, 5) is 27.2. The van der Waals surface area contributed by atoms with Gasteiger partial charge in [-0.05, 0) is 43.5 Å². The van der Waals surface area contributed by atoms with Crippen LogP contribution < -0.4 is 5.32 Å². The number of carbonyl (C=O) groups is 2. The van der Waals surface area contributed by atoms with Gasteiger partial charge in [0.05, 0.1) is 24.5 Å². The molecule has 1 aliphatic heterocycles. The van der Waals surface area contributed by atoms with Crippen LogP contribution in [-0.2, 0) is 6.54 Å². The second kappa shape index (κ2) is 8.73. The molecule has 1 fully saturated rings. The lowest BCUT2D eigenvalue weighted by atomic mass is 10.0. The zero-order valence-corrected chi connectivity index (χ0v) is 16.2. The van der Waals surface area contributed by atoms with Crippen LogP contribution in [0.5, 0.6) is 0 Å². The van der Waals surface area contributed by atoms with Gasteiger partial charge in [-0.25, -0.2) is 0 Å². The zero-order chi connectivity index (χ0) is 20.1. The Kier molecular flexibility index (Phi) is 5.70. The lowest BCUT2D eigenvalue weighted by Crippen LogP contribution is -2.45. The summed E-state index contributed by atoms with van der Waals surface area (Å²) in [5.74, 6) is -0.0937. The number of hydrogen-bond acceptors (Lipinski definition) is 3. The van der Waals surface area contributed by atoms with Gasteiger partial charge in [0.25, 0.3) is 11.8 Å². The van der Waals surface area contributed by atoms with Gasteiger partial charge >= 0.3 is 0 Å². The molecule has 4 rings (SSSR count). The minimum atomic E-state index is -0.163. The fourth-order valence-corrected chi connectivity index (χ4v) is 3.74. The molecule has 0 aliphatic carbocycles. The molecule has 6 nitrogen and oxygen atoms in total. The average Bonchev–Trinajstić information content (AvgIpc) is 3.21. The van der Waals surface area contributed by atoms with Crippen LogP contribution in [0.25, 0.3) is 0 Å². The molecule has 1 saturated heterocycles. The number of amides is 2. The van der Waals surface area contributed by atoms with Crippen LogP contribution in [0.4, 0.5) is 5.69 Å². The van der Waals surface area contributed by atoms with E-state index in [4.69, 9.17) is 0 Å². The van der Waals surface area contributed by atoms with Gasteiger partial charge in [-0.3, -0.25) is 14.3 Å². The summed E-state index contributed by atoms with van der Waals surface area (Å²) in [6.07, 6.45) is 6.53. The molecule has 2 heterocycles. The Hall–Kier alpha value is -3.41. The van der Waals surface area contributed by atoms with Crippen LogP contribution in [0.2, 0.25) is 0 Å². The van der Waals surface area contributed by atoms with E-state index in [1.807, 2.05) is 64.3 Å². The van der Waals surface area contributed by atoms with Crippen LogP contribution >= 0.6 is 0 Å². The number of nitrogens with zero attached hydrogens (tertiary/aromatic N) is 3. The molecule has 0 spiro atoms. The molecule has 1 N–H and O–H groups in total. The zero-order valence-electron chi connectivity index (χ0n) is 16.2. The molecule has 0 saturated carbocycles. The van der Waals surface area contributed by atoms with Crippen molar-refractivity contribution in [1.82, 2.24) is 14.7 Å². The number of anilines is 1. The maximum Gasteiger partial charge on any atom is 0.255 e. The lowest BCUT2D eigenvalue weighted by molar-refractivity contribution is 0.0584. The van der Waals surface area contributed by atoms with Gasteiger partial charge in [-0.2, -0.15) is 5.10 Å². The minimum Gasteiger partial charge on any atom is -0.334 e. The van der Waals surface area contributed by atoms with Gasteiger partial charge in [0.15, 0.2) is 0 Å². The van der Waals surface area contributed by atoms with Gasteiger partial charge in [-0.15, -0.1) is 0 Å². The number of rotatable bonds is 5. The number of aromatic nitrogens is 2. The smallest absolute Gasteiger partial charge is 0.255 e. The van der Waals surface area contributed by atoms with Gasteiger partial charge in [0.1, 0.15) is 0 Å². The Morgan fingerprint density at radius 2 is 1.66 bits per heavy atom. The van der Waals surface area contributed by atoms with Crippen molar-refractivity contribution in [3.63, 3.8) is 0 Å². The Morgan fingerprint density at radius 3 is 2.38 bits per heavy atom. The molecule has 6 heteroatoms. The van der Waals surface area contributed by atoms with E-state index < -0.39 is 0 Å². The standard InChI is InChI=1S/C23H24N4O2/c28-22(18-9-3-1-4-10-18)25-20-15-24-26(16-20)17-21-13-7-8-14-27(21)23(29)19-11-5-2-6-12-19/h1-6,9-12,15-16,21H,7-8,13-14,17H2,(H,25,28)/t21-/m1/s1. The molecule has 1 atom stereocenters. The molecule has 3 aromatic rings. The van der Waals surface area contributed by atoms with Crippen molar-refractivity contribution < 1.29 is 9.59 Å². The topological polar surface area (TPSA) is 67.2 Å². The highest BCUT2D eigenvalue weighted by molar-refractivity contribution is 6.04. The van der Waals surface area contributed by atoms with Crippen molar-refractivity contribution in [2.75, 3.05) is 11.9 Å². The van der Waals surface area contributed by atoms with Gasteiger partial charge < -0.3 is 10.2 Å². The van der Waals surface area contributed by atoms with Crippen LogP contribution in [0.1, 0.15) is 40.0 Å². The maximum absolute atomic E-state index is 12.9. The summed E-state index contributed by atoms with van der Waals surface area (Å²) in [6, 6.07) is 18.6. The van der Waals surface area contributed by atoms with E-state index in [2.05, 4.69) is 10.4 Å². The third-order valence-electron chi connectivity index (χ3n) is 5.23. The first-order chi connectivity index (χ1) is 14.2. The first-order valence-electron chi connectivity index (χ1n) is 9.95. The number of nitrogens with one attached hydrogen (secondary N) is 1. The number of carbonyl (C=O) groups excluding carboxylic acids is 2. The van der Waals surface area contributed by atoms with E-state index in [1.165, 1.54) is 0 Å². The third kappa shape index (κ3) is 4.54. The second-order valence-corrected chi connectivity index (χ2v) is 7.29. The predicted molar refractivity (Wildman–Crippen MR) is 112 cm³/mol. The Labute approximate surface area is 170 Å². The molecular weight excluding hydrogens is 364 g/mol. The van der Waals surface area contributed by atoms with E-state index in [-0.39, 0.29) is 17.9 Å².